The number of oxazole rings is 1. The summed E-state index contributed by atoms with van der Waals surface area (Å²) < 4.78 is 27.9. The molecule has 2 aliphatic rings. The molecule has 1 fully saturated rings. The van der Waals surface area contributed by atoms with Gasteiger partial charge >= 0.3 is 5.97 Å². The Balaban J connectivity index is 1.32. The van der Waals surface area contributed by atoms with Gasteiger partial charge in [0.25, 0.3) is 5.91 Å². The van der Waals surface area contributed by atoms with E-state index in [-0.39, 0.29) is 62.3 Å². The van der Waals surface area contributed by atoms with Crippen molar-refractivity contribution in [1.82, 2.24) is 45.5 Å². The van der Waals surface area contributed by atoms with Crippen LogP contribution >= 0.6 is 0 Å². The number of carbonyl (C=O) groups excluding carboxylic acids is 4. The monoisotopic (exact) mass is 749 g/mol. The Morgan fingerprint density at radius 2 is 2.00 bits per heavy atom. The Morgan fingerprint density at radius 3 is 2.76 bits per heavy atom. The zero-order valence-corrected chi connectivity index (χ0v) is 30.9. The van der Waals surface area contributed by atoms with Crippen molar-refractivity contribution in [3.63, 3.8) is 0 Å². The molecule has 5 atom stereocenters. The molecule has 290 valence electrons. The maximum atomic E-state index is 14.8. The second kappa shape index (κ2) is 18.5. The van der Waals surface area contributed by atoms with Crippen LogP contribution in [0, 0.1) is 18.8 Å². The third kappa shape index (κ3) is 11.0. The molecule has 3 aromatic rings. The minimum atomic E-state index is -1.50. The number of allylic oxidation sites excluding steroid dienone is 2. The van der Waals surface area contributed by atoms with Gasteiger partial charge in [-0.15, -0.1) is 5.10 Å². The van der Waals surface area contributed by atoms with Crippen LogP contribution in [0.5, 0.6) is 0 Å². The number of imidazole rings is 1. The topological polar surface area (TPSA) is 210 Å². The summed E-state index contributed by atoms with van der Waals surface area (Å²) in [6.45, 7) is 8.26. The van der Waals surface area contributed by atoms with E-state index in [9.17, 15) is 28.7 Å². The molecule has 5 rings (SSSR count). The van der Waals surface area contributed by atoms with Gasteiger partial charge in [-0.25, -0.2) is 19.2 Å². The predicted molar refractivity (Wildman–Crippen MR) is 193 cm³/mol. The van der Waals surface area contributed by atoms with Crippen molar-refractivity contribution < 1.29 is 37.8 Å². The van der Waals surface area contributed by atoms with Gasteiger partial charge in [-0.2, -0.15) is 0 Å². The number of aromatic nitrogens is 6. The smallest absolute Gasteiger partial charge is 0.329 e. The molecular formula is C37H48FN9O7. The number of aliphatic hydroxyl groups excluding tert-OH is 1. The zero-order chi connectivity index (χ0) is 38.8. The van der Waals surface area contributed by atoms with Crippen LogP contribution < -0.4 is 10.6 Å². The number of amides is 3. The largest absolute Gasteiger partial charge is 0.460 e. The molecule has 0 aromatic carbocycles. The number of ether oxygens (including phenoxy) is 1. The number of nitrogens with one attached hydrogen (secondary N) is 3. The summed E-state index contributed by atoms with van der Waals surface area (Å²) in [7, 11) is 0. The zero-order valence-electron chi connectivity index (χ0n) is 30.9. The van der Waals surface area contributed by atoms with Crippen molar-refractivity contribution in [2.45, 2.75) is 90.8 Å². The van der Waals surface area contributed by atoms with Gasteiger partial charge in [0, 0.05) is 38.4 Å². The summed E-state index contributed by atoms with van der Waals surface area (Å²) in [6, 6.07) is -0.925. The summed E-state index contributed by atoms with van der Waals surface area (Å²) >= 11 is 0. The Kier molecular flexibility index (Phi) is 13.6. The van der Waals surface area contributed by atoms with Crippen molar-refractivity contribution in [2.75, 3.05) is 19.6 Å². The Morgan fingerprint density at radius 1 is 1.19 bits per heavy atom. The van der Waals surface area contributed by atoms with Crippen LogP contribution in [0.3, 0.4) is 0 Å². The van der Waals surface area contributed by atoms with E-state index in [1.807, 2.05) is 20.8 Å². The highest BCUT2D eigenvalue weighted by Crippen LogP contribution is 2.27. The van der Waals surface area contributed by atoms with Crippen molar-refractivity contribution in [3.8, 4) is 11.4 Å². The van der Waals surface area contributed by atoms with Crippen LogP contribution in [0.1, 0.15) is 68.7 Å². The first-order chi connectivity index (χ1) is 25.9. The van der Waals surface area contributed by atoms with E-state index in [4.69, 9.17) is 9.15 Å². The molecule has 3 amide bonds. The normalized spacial score (nSPS) is 25.7. The van der Waals surface area contributed by atoms with Gasteiger partial charge in [0.1, 0.15) is 36.1 Å². The summed E-state index contributed by atoms with van der Waals surface area (Å²) in [5, 5.41) is 24.3. The third-order valence-corrected chi connectivity index (χ3v) is 9.11. The molecule has 0 radical (unpaired) electrons. The molecule has 17 heteroatoms. The van der Waals surface area contributed by atoms with Crippen molar-refractivity contribution in [1.29, 1.82) is 0 Å². The lowest BCUT2D eigenvalue weighted by molar-refractivity contribution is -0.159. The number of alkyl halides is 1. The number of nitrogens with zero attached hydrogens (tertiary/aromatic N) is 6. The summed E-state index contributed by atoms with van der Waals surface area (Å²) in [5.74, 6) is -2.22. The molecule has 2 bridgehead atoms. The van der Waals surface area contributed by atoms with Gasteiger partial charge in [0.2, 0.25) is 11.8 Å². The summed E-state index contributed by atoms with van der Waals surface area (Å²) in [5.41, 5.74) is 1.93. The molecular weight excluding hydrogens is 701 g/mol. The fraction of sp³-hybridized carbons (Fsp3) is 0.514. The van der Waals surface area contributed by atoms with E-state index in [0.717, 1.165) is 17.8 Å². The molecule has 3 aromatic heterocycles. The summed E-state index contributed by atoms with van der Waals surface area (Å²) in [4.78, 5) is 66.3. The number of hydrogen-bond acceptors (Lipinski definition) is 11. The van der Waals surface area contributed by atoms with Gasteiger partial charge in [0.05, 0.1) is 37.2 Å². The fourth-order valence-corrected chi connectivity index (χ4v) is 6.44. The number of aliphatic hydroxyl groups is 1. The molecule has 0 saturated carbocycles. The van der Waals surface area contributed by atoms with E-state index < -0.39 is 48.1 Å². The second-order valence-corrected chi connectivity index (χ2v) is 13.9. The average Bonchev–Trinajstić information content (AvgIpc) is 3.94. The van der Waals surface area contributed by atoms with Gasteiger partial charge in [0.15, 0.2) is 11.6 Å². The van der Waals surface area contributed by atoms with Crippen LogP contribution in [-0.4, -0.2) is 108 Å². The number of esters is 1. The first-order valence-electron chi connectivity index (χ1n) is 18.1. The maximum absolute atomic E-state index is 14.8. The van der Waals surface area contributed by atoms with Gasteiger partial charge in [-0.3, -0.25) is 19.1 Å². The molecule has 16 nitrogen and oxygen atoms in total. The van der Waals surface area contributed by atoms with Crippen LogP contribution in [-0.2, 0) is 32.1 Å². The number of H-pyrrole nitrogens is 1. The standard InChI is InChI=1S/C37H48FN9O7/c1-22(2)35-25(16-33(50)40-12-14-46-20-29(44-45-46)28-19-41-24(4)42-28)9-10-32(49)39-11-5-7-23(3)15-27(48)17-26(38)18-34-43-30(21-53-34)36(51)47-13-6-8-31(47)37(52)54-35/h5,7,9-10,15,19-22,25-27,31,35,48H,6,8,11-14,16-18H2,1-4H3,(H,39,49)(H,40,50)(H,41,42)/b7-5+,10-9+,23-15+. The van der Waals surface area contributed by atoms with Crippen molar-refractivity contribution in [3.05, 3.63) is 72.0 Å². The number of aryl methyl sites for hydroxylation is 1. The molecule has 2 aliphatic heterocycles. The van der Waals surface area contributed by atoms with Gasteiger partial charge < -0.3 is 34.8 Å². The second-order valence-electron chi connectivity index (χ2n) is 13.9. The fourth-order valence-electron chi connectivity index (χ4n) is 6.44. The Hall–Kier alpha value is -5.45. The van der Waals surface area contributed by atoms with Crippen LogP contribution in [0.25, 0.3) is 11.4 Å². The molecule has 4 N–H and O–H groups in total. The SMILES string of the molecule is CC1=C\C(O)CC(F)Cc2nc(co2)C(=O)N2CCCC2C(=O)OC(C(C)C)C(CC(=O)NCCn2cc(-c3cnc(C)[nH]3)nn2)/C=C/C(=O)NC\C=C\1. The number of carbonyl (C=O) groups is 4. The number of halogens is 1. The number of hydrogen-bond donors (Lipinski definition) is 4. The quantitative estimate of drug-likeness (QED) is 0.258. The van der Waals surface area contributed by atoms with E-state index >= 15 is 0 Å². The van der Waals surface area contributed by atoms with Crippen LogP contribution in [0.4, 0.5) is 4.39 Å². The van der Waals surface area contributed by atoms with E-state index in [0.29, 0.717) is 30.7 Å². The van der Waals surface area contributed by atoms with E-state index in [1.165, 1.54) is 17.1 Å². The van der Waals surface area contributed by atoms with Gasteiger partial charge in [-0.05, 0) is 38.7 Å². The summed E-state index contributed by atoms with van der Waals surface area (Å²) in [6.07, 6.45) is 9.16. The first kappa shape index (κ1) is 39.8. The van der Waals surface area contributed by atoms with Gasteiger partial charge in [-0.1, -0.05) is 48.9 Å². The highest BCUT2D eigenvalue weighted by molar-refractivity contribution is 5.95. The lowest BCUT2D eigenvalue weighted by Gasteiger charge is -2.30. The highest BCUT2D eigenvalue weighted by Gasteiger charge is 2.39. The van der Waals surface area contributed by atoms with E-state index in [2.05, 4.69) is 35.9 Å². The minimum absolute atomic E-state index is 0.00544. The van der Waals surface area contributed by atoms with Crippen LogP contribution in [0.2, 0.25) is 0 Å². The molecule has 0 spiro atoms. The third-order valence-electron chi connectivity index (χ3n) is 9.11. The number of aromatic amines is 1. The first-order valence-corrected chi connectivity index (χ1v) is 18.1. The van der Waals surface area contributed by atoms with Crippen LogP contribution in [0.15, 0.2) is 59.0 Å². The van der Waals surface area contributed by atoms with E-state index in [1.54, 1.807) is 42.2 Å². The number of cyclic esters (lactones) is 1. The Bertz CT molecular complexity index is 1860. The molecule has 5 heterocycles. The lowest BCUT2D eigenvalue weighted by Crippen LogP contribution is -2.44. The maximum Gasteiger partial charge on any atom is 0.329 e. The number of rotatable bonds is 7. The van der Waals surface area contributed by atoms with Crippen molar-refractivity contribution >= 4 is 23.7 Å². The van der Waals surface area contributed by atoms with Crippen molar-refractivity contribution in [2.24, 2.45) is 11.8 Å². The predicted octanol–water partition coefficient (Wildman–Crippen LogP) is 2.78. The number of fused-ring (bicyclic) bond motifs is 3. The molecule has 5 unspecified atom stereocenters. The molecule has 1 saturated heterocycles. The lowest BCUT2D eigenvalue weighted by atomic mass is 9.89. The average molecular weight is 750 g/mol. The molecule has 54 heavy (non-hydrogen) atoms. The minimum Gasteiger partial charge on any atom is -0.460 e. The highest BCUT2D eigenvalue weighted by atomic mass is 19.1. The molecule has 0 aliphatic carbocycles. The Labute approximate surface area is 312 Å².